The van der Waals surface area contributed by atoms with Gasteiger partial charge in [0, 0.05) is 10.7 Å². The van der Waals surface area contributed by atoms with E-state index in [0.29, 0.717) is 5.69 Å². The topological polar surface area (TPSA) is 26.0 Å². The summed E-state index contributed by atoms with van der Waals surface area (Å²) in [5.41, 5.74) is 7.33. The molecule has 0 unspecified atom stereocenters. The van der Waals surface area contributed by atoms with Crippen molar-refractivity contribution in [1.29, 1.82) is 0 Å². The highest BCUT2D eigenvalue weighted by atomic mass is 35.5. The highest BCUT2D eigenvalue weighted by Gasteiger charge is 1.98. The SMILES string of the molecule is Nc1ccc(CCS)c(Cl)c1. The number of halogens is 1. The van der Waals surface area contributed by atoms with Crippen LogP contribution in [0.2, 0.25) is 5.02 Å². The molecule has 1 rings (SSSR count). The second-order valence-electron chi connectivity index (χ2n) is 2.32. The lowest BCUT2D eigenvalue weighted by Crippen LogP contribution is -1.90. The summed E-state index contributed by atoms with van der Waals surface area (Å²) in [6, 6.07) is 5.55. The number of nitrogen functional groups attached to an aromatic ring is 1. The zero-order chi connectivity index (χ0) is 8.27. The molecule has 0 bridgehead atoms. The molecule has 0 saturated carbocycles. The van der Waals surface area contributed by atoms with Crippen molar-refractivity contribution in [3.63, 3.8) is 0 Å². The first kappa shape index (κ1) is 8.75. The van der Waals surface area contributed by atoms with Gasteiger partial charge in [-0.05, 0) is 29.9 Å². The molecule has 60 valence electrons. The molecule has 11 heavy (non-hydrogen) atoms. The highest BCUT2D eigenvalue weighted by Crippen LogP contribution is 2.19. The van der Waals surface area contributed by atoms with Crippen molar-refractivity contribution in [1.82, 2.24) is 0 Å². The highest BCUT2D eigenvalue weighted by molar-refractivity contribution is 7.80. The Bertz CT molecular complexity index is 250. The van der Waals surface area contributed by atoms with Gasteiger partial charge in [-0.15, -0.1) is 0 Å². The zero-order valence-corrected chi connectivity index (χ0v) is 7.70. The fourth-order valence-electron chi connectivity index (χ4n) is 0.887. The van der Waals surface area contributed by atoms with Gasteiger partial charge < -0.3 is 5.73 Å². The van der Waals surface area contributed by atoms with Crippen molar-refractivity contribution >= 4 is 29.9 Å². The maximum absolute atomic E-state index is 5.89. The Morgan fingerprint density at radius 1 is 1.45 bits per heavy atom. The van der Waals surface area contributed by atoms with Crippen LogP contribution in [0.25, 0.3) is 0 Å². The van der Waals surface area contributed by atoms with Crippen LogP contribution in [0.15, 0.2) is 18.2 Å². The third kappa shape index (κ3) is 2.31. The summed E-state index contributed by atoms with van der Waals surface area (Å²) in [4.78, 5) is 0. The van der Waals surface area contributed by atoms with E-state index in [1.165, 1.54) is 0 Å². The Balaban J connectivity index is 2.90. The first-order valence-electron chi connectivity index (χ1n) is 3.39. The van der Waals surface area contributed by atoms with Crippen LogP contribution in [0.3, 0.4) is 0 Å². The second kappa shape index (κ2) is 3.88. The van der Waals surface area contributed by atoms with Crippen molar-refractivity contribution in [2.75, 3.05) is 11.5 Å². The third-order valence-electron chi connectivity index (χ3n) is 1.46. The fourth-order valence-corrected chi connectivity index (χ4v) is 1.41. The van der Waals surface area contributed by atoms with Crippen LogP contribution in [-0.4, -0.2) is 5.75 Å². The molecule has 1 nitrogen and oxygen atoms in total. The van der Waals surface area contributed by atoms with Gasteiger partial charge >= 0.3 is 0 Å². The molecule has 0 aliphatic rings. The summed E-state index contributed by atoms with van der Waals surface area (Å²) in [7, 11) is 0. The molecule has 1 aromatic carbocycles. The van der Waals surface area contributed by atoms with Crippen LogP contribution >= 0.6 is 24.2 Å². The first-order valence-corrected chi connectivity index (χ1v) is 4.40. The standard InChI is InChI=1S/C8H10ClNS/c9-8-5-7(10)2-1-6(8)3-4-11/h1-2,5,11H,3-4,10H2. The second-order valence-corrected chi connectivity index (χ2v) is 3.18. The molecule has 0 aliphatic heterocycles. The smallest absolute Gasteiger partial charge is 0.0458 e. The van der Waals surface area contributed by atoms with Gasteiger partial charge in [0.05, 0.1) is 0 Å². The van der Waals surface area contributed by atoms with E-state index < -0.39 is 0 Å². The van der Waals surface area contributed by atoms with E-state index in [2.05, 4.69) is 12.6 Å². The van der Waals surface area contributed by atoms with Crippen molar-refractivity contribution < 1.29 is 0 Å². The summed E-state index contributed by atoms with van der Waals surface area (Å²) in [6.45, 7) is 0. The van der Waals surface area contributed by atoms with Gasteiger partial charge in [0.2, 0.25) is 0 Å². The molecule has 0 atom stereocenters. The average molecular weight is 188 g/mol. The number of aryl methyl sites for hydroxylation is 1. The Morgan fingerprint density at radius 2 is 2.18 bits per heavy atom. The van der Waals surface area contributed by atoms with Gasteiger partial charge in [0.1, 0.15) is 0 Å². The fraction of sp³-hybridized carbons (Fsp3) is 0.250. The van der Waals surface area contributed by atoms with Crippen LogP contribution in [0, 0.1) is 0 Å². The van der Waals surface area contributed by atoms with Crippen molar-refractivity contribution in [3.8, 4) is 0 Å². The lowest BCUT2D eigenvalue weighted by atomic mass is 10.1. The minimum Gasteiger partial charge on any atom is -0.399 e. The van der Waals surface area contributed by atoms with Gasteiger partial charge in [-0.1, -0.05) is 17.7 Å². The maximum Gasteiger partial charge on any atom is 0.0458 e. The predicted octanol–water partition coefficient (Wildman–Crippen LogP) is 2.39. The first-order chi connectivity index (χ1) is 5.24. The number of anilines is 1. The molecule has 0 fully saturated rings. The molecule has 3 heteroatoms. The quantitative estimate of drug-likeness (QED) is 0.540. The van der Waals surface area contributed by atoms with Gasteiger partial charge in [-0.3, -0.25) is 0 Å². The van der Waals surface area contributed by atoms with Crippen LogP contribution in [-0.2, 0) is 6.42 Å². The Labute approximate surface area is 77.0 Å². The number of hydrogen-bond acceptors (Lipinski definition) is 2. The number of hydrogen-bond donors (Lipinski definition) is 2. The van der Waals surface area contributed by atoms with E-state index in [1.54, 1.807) is 6.07 Å². The Hall–Kier alpha value is -0.340. The number of nitrogens with two attached hydrogens (primary N) is 1. The summed E-state index contributed by atoms with van der Waals surface area (Å²) >= 11 is 10.0. The summed E-state index contributed by atoms with van der Waals surface area (Å²) in [5, 5.41) is 0.735. The molecule has 0 saturated heterocycles. The summed E-state index contributed by atoms with van der Waals surface area (Å²) in [5.74, 6) is 0.809. The van der Waals surface area contributed by atoms with Gasteiger partial charge in [-0.2, -0.15) is 12.6 Å². The summed E-state index contributed by atoms with van der Waals surface area (Å²) < 4.78 is 0. The van der Waals surface area contributed by atoms with E-state index in [4.69, 9.17) is 17.3 Å². The molecular formula is C8H10ClNS. The largest absolute Gasteiger partial charge is 0.399 e. The molecule has 0 spiro atoms. The van der Waals surface area contributed by atoms with Gasteiger partial charge in [-0.25, -0.2) is 0 Å². The van der Waals surface area contributed by atoms with Gasteiger partial charge in [0.15, 0.2) is 0 Å². The number of thiol groups is 1. The molecule has 1 aromatic rings. The van der Waals surface area contributed by atoms with E-state index in [9.17, 15) is 0 Å². The molecule has 0 aliphatic carbocycles. The third-order valence-corrected chi connectivity index (χ3v) is 2.03. The molecular weight excluding hydrogens is 178 g/mol. The van der Waals surface area contributed by atoms with Crippen LogP contribution in [0.4, 0.5) is 5.69 Å². The van der Waals surface area contributed by atoms with E-state index in [0.717, 1.165) is 22.8 Å². The van der Waals surface area contributed by atoms with Gasteiger partial charge in [0.25, 0.3) is 0 Å². The molecule has 0 radical (unpaired) electrons. The maximum atomic E-state index is 5.89. The Morgan fingerprint density at radius 3 is 2.73 bits per heavy atom. The minimum absolute atomic E-state index is 0.706. The normalized spacial score (nSPS) is 10.0. The number of benzene rings is 1. The van der Waals surface area contributed by atoms with E-state index >= 15 is 0 Å². The lowest BCUT2D eigenvalue weighted by Gasteiger charge is -2.01. The van der Waals surface area contributed by atoms with Crippen molar-refractivity contribution in [2.45, 2.75) is 6.42 Å². The minimum atomic E-state index is 0.706. The number of rotatable bonds is 2. The average Bonchev–Trinajstić information content (AvgIpc) is 1.95. The predicted molar refractivity (Wildman–Crippen MR) is 53.4 cm³/mol. The zero-order valence-electron chi connectivity index (χ0n) is 6.05. The van der Waals surface area contributed by atoms with E-state index in [-0.39, 0.29) is 0 Å². The monoisotopic (exact) mass is 187 g/mol. The van der Waals surface area contributed by atoms with Crippen LogP contribution in [0.5, 0.6) is 0 Å². The molecule has 2 N–H and O–H groups in total. The van der Waals surface area contributed by atoms with Crippen LogP contribution in [0.1, 0.15) is 5.56 Å². The van der Waals surface area contributed by atoms with Crippen molar-refractivity contribution in [3.05, 3.63) is 28.8 Å². The van der Waals surface area contributed by atoms with E-state index in [1.807, 2.05) is 12.1 Å². The molecule has 0 aromatic heterocycles. The van der Waals surface area contributed by atoms with Crippen LogP contribution < -0.4 is 5.73 Å². The van der Waals surface area contributed by atoms with Crippen molar-refractivity contribution in [2.24, 2.45) is 0 Å². The molecule has 0 amide bonds. The molecule has 0 heterocycles. The summed E-state index contributed by atoms with van der Waals surface area (Å²) in [6.07, 6.45) is 0.891. The Kier molecular flexibility index (Phi) is 3.09. The lowest BCUT2D eigenvalue weighted by molar-refractivity contribution is 1.16.